The van der Waals surface area contributed by atoms with Crippen molar-refractivity contribution in [2.45, 2.75) is 6.92 Å². The molecule has 0 saturated heterocycles. The van der Waals surface area contributed by atoms with Gasteiger partial charge in [0.05, 0.1) is 6.61 Å². The van der Waals surface area contributed by atoms with Crippen LogP contribution in [0.2, 0.25) is 0 Å². The first-order valence-electron chi connectivity index (χ1n) is 3.74. The summed E-state index contributed by atoms with van der Waals surface area (Å²) >= 11 is 2.25. The molecular formula is C9H11IO2. The van der Waals surface area contributed by atoms with E-state index in [2.05, 4.69) is 22.6 Å². The highest BCUT2D eigenvalue weighted by Gasteiger charge is 1.98. The lowest BCUT2D eigenvalue weighted by Crippen LogP contribution is -2.02. The van der Waals surface area contributed by atoms with E-state index in [1.54, 1.807) is 0 Å². The van der Waals surface area contributed by atoms with Crippen molar-refractivity contribution < 1.29 is 9.84 Å². The van der Waals surface area contributed by atoms with Gasteiger partial charge in [0.15, 0.2) is 0 Å². The van der Waals surface area contributed by atoms with Gasteiger partial charge in [-0.05, 0) is 53.3 Å². The van der Waals surface area contributed by atoms with Gasteiger partial charge in [0.25, 0.3) is 0 Å². The van der Waals surface area contributed by atoms with Crippen LogP contribution in [0.5, 0.6) is 5.75 Å². The van der Waals surface area contributed by atoms with Crippen molar-refractivity contribution in [2.24, 2.45) is 0 Å². The Morgan fingerprint density at radius 2 is 2.25 bits per heavy atom. The molecule has 0 bridgehead atoms. The first-order chi connectivity index (χ1) is 5.74. The van der Waals surface area contributed by atoms with E-state index in [1.807, 2.05) is 25.1 Å². The number of ether oxygens (including phenoxy) is 1. The van der Waals surface area contributed by atoms with Gasteiger partial charge in [0.2, 0.25) is 0 Å². The molecule has 0 fully saturated rings. The number of halogens is 1. The predicted molar refractivity (Wildman–Crippen MR) is 56.5 cm³/mol. The summed E-state index contributed by atoms with van der Waals surface area (Å²) in [5.74, 6) is 0.851. The normalized spacial score (nSPS) is 9.92. The van der Waals surface area contributed by atoms with Crippen molar-refractivity contribution in [1.29, 1.82) is 0 Å². The number of aliphatic hydroxyl groups is 1. The molecule has 0 aliphatic heterocycles. The van der Waals surface area contributed by atoms with Crippen LogP contribution >= 0.6 is 22.6 Å². The number of aliphatic hydroxyl groups excluding tert-OH is 1. The second-order valence-corrected chi connectivity index (χ2v) is 3.73. The summed E-state index contributed by atoms with van der Waals surface area (Å²) < 4.78 is 6.48. The minimum Gasteiger partial charge on any atom is -0.491 e. The fraction of sp³-hybridized carbons (Fsp3) is 0.333. The molecule has 12 heavy (non-hydrogen) atoms. The van der Waals surface area contributed by atoms with Crippen LogP contribution in [0.3, 0.4) is 0 Å². The third kappa shape index (κ3) is 2.64. The Kier molecular flexibility index (Phi) is 3.81. The van der Waals surface area contributed by atoms with E-state index in [1.165, 1.54) is 3.57 Å². The second-order valence-electron chi connectivity index (χ2n) is 2.48. The maximum Gasteiger partial charge on any atom is 0.122 e. The van der Waals surface area contributed by atoms with Crippen LogP contribution in [-0.4, -0.2) is 18.3 Å². The highest BCUT2D eigenvalue weighted by atomic mass is 127. The van der Waals surface area contributed by atoms with Crippen molar-refractivity contribution in [1.82, 2.24) is 0 Å². The Bertz CT molecular complexity index is 261. The second kappa shape index (κ2) is 4.67. The van der Waals surface area contributed by atoms with E-state index >= 15 is 0 Å². The average molecular weight is 278 g/mol. The molecule has 3 heteroatoms. The molecule has 2 nitrogen and oxygen atoms in total. The van der Waals surface area contributed by atoms with Crippen LogP contribution in [0, 0.1) is 10.5 Å². The first-order valence-corrected chi connectivity index (χ1v) is 4.81. The molecule has 0 aliphatic rings. The maximum atomic E-state index is 8.55. The zero-order valence-electron chi connectivity index (χ0n) is 6.88. The SMILES string of the molecule is Cc1cc(I)ccc1OCCO. The number of hydrogen-bond donors (Lipinski definition) is 1. The third-order valence-electron chi connectivity index (χ3n) is 1.49. The zero-order valence-corrected chi connectivity index (χ0v) is 9.04. The summed E-state index contributed by atoms with van der Waals surface area (Å²) in [6, 6.07) is 5.96. The van der Waals surface area contributed by atoms with Gasteiger partial charge in [0, 0.05) is 3.57 Å². The van der Waals surface area contributed by atoms with Crippen LogP contribution in [0.1, 0.15) is 5.56 Å². The summed E-state index contributed by atoms with van der Waals surface area (Å²) in [6.07, 6.45) is 0. The molecule has 0 spiro atoms. The minimum absolute atomic E-state index is 0.0609. The van der Waals surface area contributed by atoms with Gasteiger partial charge in [0.1, 0.15) is 12.4 Å². The molecule has 1 rings (SSSR count). The minimum atomic E-state index is 0.0609. The lowest BCUT2D eigenvalue weighted by atomic mass is 10.2. The summed E-state index contributed by atoms with van der Waals surface area (Å²) in [6.45, 7) is 2.42. The molecule has 0 amide bonds. The molecule has 0 unspecified atom stereocenters. The van der Waals surface area contributed by atoms with Gasteiger partial charge in [-0.2, -0.15) is 0 Å². The first kappa shape index (κ1) is 9.80. The standard InChI is InChI=1S/C9H11IO2/c1-7-6-8(10)2-3-9(7)12-5-4-11/h2-3,6,11H,4-5H2,1H3. The Morgan fingerprint density at radius 3 is 2.83 bits per heavy atom. The molecule has 0 heterocycles. The van der Waals surface area contributed by atoms with Crippen molar-refractivity contribution in [3.8, 4) is 5.75 Å². The fourth-order valence-electron chi connectivity index (χ4n) is 0.930. The topological polar surface area (TPSA) is 29.5 Å². The number of aryl methyl sites for hydroxylation is 1. The summed E-state index contributed by atoms with van der Waals surface area (Å²) in [5, 5.41) is 8.55. The monoisotopic (exact) mass is 278 g/mol. The predicted octanol–water partition coefficient (Wildman–Crippen LogP) is 1.97. The van der Waals surface area contributed by atoms with Crippen LogP contribution < -0.4 is 4.74 Å². The molecular weight excluding hydrogens is 267 g/mol. The van der Waals surface area contributed by atoms with Crippen LogP contribution in [0.4, 0.5) is 0 Å². The Morgan fingerprint density at radius 1 is 1.50 bits per heavy atom. The van der Waals surface area contributed by atoms with Crippen LogP contribution in [-0.2, 0) is 0 Å². The largest absolute Gasteiger partial charge is 0.491 e. The Hall–Kier alpha value is -0.290. The Balaban J connectivity index is 2.72. The van der Waals surface area contributed by atoms with E-state index in [9.17, 15) is 0 Å². The van der Waals surface area contributed by atoms with E-state index < -0.39 is 0 Å². The summed E-state index contributed by atoms with van der Waals surface area (Å²) in [7, 11) is 0. The van der Waals surface area contributed by atoms with E-state index in [0.29, 0.717) is 6.61 Å². The number of benzene rings is 1. The maximum absolute atomic E-state index is 8.55. The van der Waals surface area contributed by atoms with Crippen molar-refractivity contribution >= 4 is 22.6 Å². The van der Waals surface area contributed by atoms with E-state index in [-0.39, 0.29) is 6.61 Å². The van der Waals surface area contributed by atoms with E-state index in [4.69, 9.17) is 9.84 Å². The molecule has 1 N–H and O–H groups in total. The molecule has 66 valence electrons. The third-order valence-corrected chi connectivity index (χ3v) is 2.16. The van der Waals surface area contributed by atoms with Gasteiger partial charge in [-0.15, -0.1) is 0 Å². The van der Waals surface area contributed by atoms with Gasteiger partial charge in [-0.3, -0.25) is 0 Å². The number of hydrogen-bond acceptors (Lipinski definition) is 2. The molecule has 0 saturated carbocycles. The molecule has 0 atom stereocenters. The molecule has 0 aromatic heterocycles. The van der Waals surface area contributed by atoms with Crippen LogP contribution in [0.15, 0.2) is 18.2 Å². The smallest absolute Gasteiger partial charge is 0.122 e. The van der Waals surface area contributed by atoms with Crippen molar-refractivity contribution in [3.63, 3.8) is 0 Å². The van der Waals surface area contributed by atoms with Gasteiger partial charge < -0.3 is 9.84 Å². The molecule has 0 radical (unpaired) electrons. The number of rotatable bonds is 3. The van der Waals surface area contributed by atoms with E-state index in [0.717, 1.165) is 11.3 Å². The molecule has 1 aromatic carbocycles. The zero-order chi connectivity index (χ0) is 8.97. The van der Waals surface area contributed by atoms with Crippen molar-refractivity contribution in [3.05, 3.63) is 27.3 Å². The lowest BCUT2D eigenvalue weighted by molar-refractivity contribution is 0.200. The average Bonchev–Trinajstić information content (AvgIpc) is 2.03. The fourth-order valence-corrected chi connectivity index (χ4v) is 1.58. The van der Waals surface area contributed by atoms with Crippen LogP contribution in [0.25, 0.3) is 0 Å². The molecule has 0 aliphatic carbocycles. The lowest BCUT2D eigenvalue weighted by Gasteiger charge is -2.07. The molecule has 1 aromatic rings. The quantitative estimate of drug-likeness (QED) is 0.857. The summed E-state index contributed by atoms with van der Waals surface area (Å²) in [4.78, 5) is 0. The Labute approximate surface area is 85.7 Å². The van der Waals surface area contributed by atoms with Crippen molar-refractivity contribution in [2.75, 3.05) is 13.2 Å². The van der Waals surface area contributed by atoms with Gasteiger partial charge in [-0.1, -0.05) is 0 Å². The highest BCUT2D eigenvalue weighted by molar-refractivity contribution is 14.1. The van der Waals surface area contributed by atoms with Gasteiger partial charge in [-0.25, -0.2) is 0 Å². The van der Waals surface area contributed by atoms with Gasteiger partial charge >= 0.3 is 0 Å². The summed E-state index contributed by atoms with van der Waals surface area (Å²) in [5.41, 5.74) is 1.11. The highest BCUT2D eigenvalue weighted by Crippen LogP contribution is 2.19.